The highest BCUT2D eigenvalue weighted by Gasteiger charge is 2.18. The fourth-order valence-electron chi connectivity index (χ4n) is 2.80. The molecule has 0 aliphatic rings. The maximum absolute atomic E-state index is 12.7. The number of anilines is 1. The fourth-order valence-corrected chi connectivity index (χ4v) is 2.93. The van der Waals surface area contributed by atoms with Crippen LogP contribution in [-0.4, -0.2) is 31.8 Å². The molecule has 29 heavy (non-hydrogen) atoms. The summed E-state index contributed by atoms with van der Waals surface area (Å²) in [4.78, 5) is 31.3. The summed E-state index contributed by atoms with van der Waals surface area (Å²) >= 11 is 5.87. The number of rotatable bonds is 5. The second kappa shape index (κ2) is 7.76. The standard InChI is InChI=1S/C20H16ClN5O3/c1-12(29-14-8-6-13(21)7-9-14)19(27)25-16-4-2-3-5-17(16)26-18-15(10-24-26)20(28)23-11-22-18/h2-12H,1H3,(H,25,27)(H,22,23,28). The third-order valence-electron chi connectivity index (χ3n) is 4.26. The van der Waals surface area contributed by atoms with E-state index in [4.69, 9.17) is 16.3 Å². The summed E-state index contributed by atoms with van der Waals surface area (Å²) in [5, 5.41) is 8.04. The lowest BCUT2D eigenvalue weighted by Gasteiger charge is -2.16. The molecule has 4 rings (SSSR count). The highest BCUT2D eigenvalue weighted by atomic mass is 35.5. The second-order valence-corrected chi connectivity index (χ2v) is 6.68. The lowest BCUT2D eigenvalue weighted by molar-refractivity contribution is -0.122. The zero-order chi connectivity index (χ0) is 20.4. The van der Waals surface area contributed by atoms with Gasteiger partial charge < -0.3 is 15.0 Å². The first-order valence-electron chi connectivity index (χ1n) is 8.77. The largest absolute Gasteiger partial charge is 0.481 e. The Morgan fingerprint density at radius 3 is 2.76 bits per heavy atom. The van der Waals surface area contributed by atoms with Crippen LogP contribution in [-0.2, 0) is 4.79 Å². The van der Waals surface area contributed by atoms with Crippen LogP contribution in [0.4, 0.5) is 5.69 Å². The van der Waals surface area contributed by atoms with Crippen molar-refractivity contribution in [2.24, 2.45) is 0 Å². The number of hydrogen-bond acceptors (Lipinski definition) is 5. The van der Waals surface area contributed by atoms with E-state index in [1.54, 1.807) is 55.5 Å². The highest BCUT2D eigenvalue weighted by Crippen LogP contribution is 2.23. The Bertz CT molecular complexity index is 1230. The Kier molecular flexibility index (Phi) is 5.01. The number of nitrogens with zero attached hydrogens (tertiary/aromatic N) is 3. The number of aromatic nitrogens is 4. The van der Waals surface area contributed by atoms with Gasteiger partial charge in [-0.15, -0.1) is 0 Å². The van der Waals surface area contributed by atoms with Crippen LogP contribution in [0.3, 0.4) is 0 Å². The number of carbonyl (C=O) groups excluding carboxylic acids is 1. The molecule has 0 bridgehead atoms. The van der Waals surface area contributed by atoms with Crippen LogP contribution in [0.15, 0.2) is 65.8 Å². The maximum Gasteiger partial charge on any atom is 0.265 e. The average molecular weight is 410 g/mol. The van der Waals surface area contributed by atoms with Crippen molar-refractivity contribution in [1.29, 1.82) is 0 Å². The number of aromatic amines is 1. The lowest BCUT2D eigenvalue weighted by atomic mass is 10.2. The number of H-pyrrole nitrogens is 1. The van der Waals surface area contributed by atoms with Gasteiger partial charge in [0.2, 0.25) is 0 Å². The highest BCUT2D eigenvalue weighted by molar-refractivity contribution is 6.30. The van der Waals surface area contributed by atoms with Crippen LogP contribution >= 0.6 is 11.6 Å². The topological polar surface area (TPSA) is 102 Å². The zero-order valence-electron chi connectivity index (χ0n) is 15.3. The quantitative estimate of drug-likeness (QED) is 0.527. The summed E-state index contributed by atoms with van der Waals surface area (Å²) in [6, 6.07) is 13.9. The van der Waals surface area contributed by atoms with Crippen molar-refractivity contribution in [3.8, 4) is 11.4 Å². The van der Waals surface area contributed by atoms with Gasteiger partial charge in [0, 0.05) is 5.02 Å². The Morgan fingerprint density at radius 2 is 1.97 bits per heavy atom. The van der Waals surface area contributed by atoms with Gasteiger partial charge in [-0.3, -0.25) is 9.59 Å². The minimum Gasteiger partial charge on any atom is -0.481 e. The van der Waals surface area contributed by atoms with E-state index in [9.17, 15) is 9.59 Å². The van der Waals surface area contributed by atoms with Crippen LogP contribution in [0.5, 0.6) is 5.75 Å². The van der Waals surface area contributed by atoms with E-state index in [1.807, 2.05) is 0 Å². The molecule has 0 fully saturated rings. The van der Waals surface area contributed by atoms with Gasteiger partial charge in [0.15, 0.2) is 11.8 Å². The predicted octanol–water partition coefficient (Wildman–Crippen LogP) is 3.17. The number of fused-ring (bicyclic) bond motifs is 1. The molecule has 2 aromatic heterocycles. The number of carbonyl (C=O) groups is 1. The molecule has 146 valence electrons. The fraction of sp³-hybridized carbons (Fsp3) is 0.100. The Labute approximate surface area is 170 Å². The van der Waals surface area contributed by atoms with E-state index in [2.05, 4.69) is 20.4 Å². The Hall–Kier alpha value is -3.65. The third-order valence-corrected chi connectivity index (χ3v) is 4.51. The number of ether oxygens (including phenoxy) is 1. The first-order valence-corrected chi connectivity index (χ1v) is 9.14. The van der Waals surface area contributed by atoms with Crippen molar-refractivity contribution in [3.05, 3.63) is 76.4 Å². The summed E-state index contributed by atoms with van der Waals surface area (Å²) in [7, 11) is 0. The second-order valence-electron chi connectivity index (χ2n) is 6.25. The minimum atomic E-state index is -0.750. The maximum atomic E-state index is 12.7. The van der Waals surface area contributed by atoms with E-state index in [-0.39, 0.29) is 11.5 Å². The van der Waals surface area contributed by atoms with E-state index in [0.29, 0.717) is 33.2 Å². The van der Waals surface area contributed by atoms with E-state index >= 15 is 0 Å². The summed E-state index contributed by atoms with van der Waals surface area (Å²) in [6.07, 6.45) is 2.00. The molecule has 0 spiro atoms. The monoisotopic (exact) mass is 409 g/mol. The van der Waals surface area contributed by atoms with Crippen LogP contribution in [0, 0.1) is 0 Å². The molecule has 2 N–H and O–H groups in total. The smallest absolute Gasteiger partial charge is 0.265 e. The number of para-hydroxylation sites is 2. The van der Waals surface area contributed by atoms with Gasteiger partial charge >= 0.3 is 0 Å². The molecule has 0 aliphatic heterocycles. The van der Waals surface area contributed by atoms with Crippen LogP contribution in [0.2, 0.25) is 5.02 Å². The molecule has 0 saturated carbocycles. The average Bonchev–Trinajstić information content (AvgIpc) is 3.15. The number of benzene rings is 2. The van der Waals surface area contributed by atoms with Gasteiger partial charge in [-0.05, 0) is 43.3 Å². The van der Waals surface area contributed by atoms with Gasteiger partial charge in [-0.25, -0.2) is 9.67 Å². The van der Waals surface area contributed by atoms with Crippen molar-refractivity contribution < 1.29 is 9.53 Å². The molecule has 1 unspecified atom stereocenters. The Morgan fingerprint density at radius 1 is 1.21 bits per heavy atom. The number of nitrogens with one attached hydrogen (secondary N) is 2. The molecule has 1 amide bonds. The molecule has 1 atom stereocenters. The lowest BCUT2D eigenvalue weighted by Crippen LogP contribution is -2.30. The molecule has 0 radical (unpaired) electrons. The summed E-state index contributed by atoms with van der Waals surface area (Å²) < 4.78 is 7.17. The molecule has 9 heteroatoms. The minimum absolute atomic E-state index is 0.284. The summed E-state index contributed by atoms with van der Waals surface area (Å²) in [6.45, 7) is 1.65. The van der Waals surface area contributed by atoms with Crippen LogP contribution in [0.1, 0.15) is 6.92 Å². The normalized spacial score (nSPS) is 11.9. The number of hydrogen-bond donors (Lipinski definition) is 2. The van der Waals surface area contributed by atoms with Crippen molar-refractivity contribution in [1.82, 2.24) is 19.7 Å². The zero-order valence-corrected chi connectivity index (χ0v) is 16.1. The first kappa shape index (κ1) is 18.7. The number of halogens is 1. The molecular formula is C20H16ClN5O3. The van der Waals surface area contributed by atoms with Gasteiger partial charge in [0.05, 0.1) is 23.9 Å². The number of amides is 1. The predicted molar refractivity (Wildman–Crippen MR) is 110 cm³/mol. The van der Waals surface area contributed by atoms with E-state index < -0.39 is 6.10 Å². The molecule has 2 aromatic carbocycles. The van der Waals surface area contributed by atoms with Gasteiger partial charge in [0.1, 0.15) is 11.1 Å². The Balaban J connectivity index is 1.59. The molecule has 8 nitrogen and oxygen atoms in total. The van der Waals surface area contributed by atoms with Crippen LogP contribution < -0.4 is 15.6 Å². The first-order chi connectivity index (χ1) is 14.0. The van der Waals surface area contributed by atoms with Crippen molar-refractivity contribution >= 4 is 34.2 Å². The van der Waals surface area contributed by atoms with Gasteiger partial charge in [-0.1, -0.05) is 23.7 Å². The molecule has 0 saturated heterocycles. The van der Waals surface area contributed by atoms with Crippen molar-refractivity contribution in [2.45, 2.75) is 13.0 Å². The van der Waals surface area contributed by atoms with E-state index in [0.717, 1.165) is 0 Å². The molecule has 2 heterocycles. The van der Waals surface area contributed by atoms with Crippen molar-refractivity contribution in [3.63, 3.8) is 0 Å². The van der Waals surface area contributed by atoms with E-state index in [1.165, 1.54) is 17.2 Å². The van der Waals surface area contributed by atoms with Gasteiger partial charge in [0.25, 0.3) is 11.5 Å². The van der Waals surface area contributed by atoms with Crippen LogP contribution in [0.25, 0.3) is 16.7 Å². The SMILES string of the molecule is CC(Oc1ccc(Cl)cc1)C(=O)Nc1ccccc1-n1ncc2c(=O)[nH]cnc21. The molecule has 4 aromatic rings. The third kappa shape index (κ3) is 3.83. The molecule has 0 aliphatic carbocycles. The van der Waals surface area contributed by atoms with Gasteiger partial charge in [-0.2, -0.15) is 5.10 Å². The molecular weight excluding hydrogens is 394 g/mol. The summed E-state index contributed by atoms with van der Waals surface area (Å²) in [5.41, 5.74) is 1.19. The summed E-state index contributed by atoms with van der Waals surface area (Å²) in [5.74, 6) is 0.196. The van der Waals surface area contributed by atoms with Crippen molar-refractivity contribution in [2.75, 3.05) is 5.32 Å².